The fourth-order valence-corrected chi connectivity index (χ4v) is 3.00. The lowest BCUT2D eigenvalue weighted by molar-refractivity contribution is 0.141. The molecule has 1 atom stereocenters. The standard InChI is InChI=1S/C17H28N2/c1-17(2,19(4)5)16(18-3)12-13-9-10-14-7-6-8-15(14)11-13/h9-11,16,18H,6-8,12H2,1-5H3. The smallest absolute Gasteiger partial charge is 0.0303 e. The van der Waals surface area contributed by atoms with E-state index in [9.17, 15) is 0 Å². The Bertz CT molecular complexity index is 435. The molecule has 0 spiro atoms. The normalized spacial score (nSPS) is 16.7. The molecule has 1 unspecified atom stereocenters. The van der Waals surface area contributed by atoms with Gasteiger partial charge in [0.05, 0.1) is 0 Å². The van der Waals surface area contributed by atoms with Crippen molar-refractivity contribution in [3.63, 3.8) is 0 Å². The number of hydrogen-bond donors (Lipinski definition) is 1. The van der Waals surface area contributed by atoms with Crippen molar-refractivity contribution in [3.8, 4) is 0 Å². The SMILES string of the molecule is CNC(Cc1ccc2c(c1)CCC2)C(C)(C)N(C)C. The van der Waals surface area contributed by atoms with E-state index in [1.807, 2.05) is 0 Å². The van der Waals surface area contributed by atoms with E-state index in [2.05, 4.69) is 63.4 Å². The summed E-state index contributed by atoms with van der Waals surface area (Å²) in [6.45, 7) is 4.61. The van der Waals surface area contributed by atoms with Crippen molar-refractivity contribution in [1.29, 1.82) is 0 Å². The molecule has 2 rings (SSSR count). The molecule has 1 aliphatic rings. The predicted octanol–water partition coefficient (Wildman–Crippen LogP) is 2.65. The number of nitrogens with one attached hydrogen (secondary N) is 1. The van der Waals surface area contributed by atoms with Crippen LogP contribution >= 0.6 is 0 Å². The van der Waals surface area contributed by atoms with Crippen molar-refractivity contribution in [3.05, 3.63) is 34.9 Å². The van der Waals surface area contributed by atoms with Crippen LogP contribution in [0.1, 0.15) is 37.0 Å². The Kier molecular flexibility index (Phi) is 4.32. The van der Waals surface area contributed by atoms with Crippen LogP contribution in [0.2, 0.25) is 0 Å². The Morgan fingerprint density at radius 3 is 2.53 bits per heavy atom. The third kappa shape index (κ3) is 3.01. The minimum Gasteiger partial charge on any atom is -0.315 e. The van der Waals surface area contributed by atoms with E-state index in [0.29, 0.717) is 6.04 Å². The summed E-state index contributed by atoms with van der Waals surface area (Å²) in [6, 6.07) is 7.55. The topological polar surface area (TPSA) is 15.3 Å². The minimum atomic E-state index is 0.147. The van der Waals surface area contributed by atoms with E-state index in [-0.39, 0.29) is 5.54 Å². The zero-order chi connectivity index (χ0) is 14.0. The zero-order valence-electron chi connectivity index (χ0n) is 13.1. The molecule has 1 aliphatic carbocycles. The van der Waals surface area contributed by atoms with Gasteiger partial charge in [-0.15, -0.1) is 0 Å². The molecular weight excluding hydrogens is 232 g/mol. The van der Waals surface area contributed by atoms with E-state index in [1.54, 1.807) is 11.1 Å². The zero-order valence-corrected chi connectivity index (χ0v) is 13.1. The van der Waals surface area contributed by atoms with Crippen LogP contribution < -0.4 is 5.32 Å². The lowest BCUT2D eigenvalue weighted by Crippen LogP contribution is -2.55. The van der Waals surface area contributed by atoms with Crippen molar-refractivity contribution < 1.29 is 0 Å². The molecular formula is C17H28N2. The van der Waals surface area contributed by atoms with Crippen molar-refractivity contribution in [2.24, 2.45) is 0 Å². The number of nitrogens with zero attached hydrogens (tertiary/aromatic N) is 1. The monoisotopic (exact) mass is 260 g/mol. The fraction of sp³-hybridized carbons (Fsp3) is 0.647. The average molecular weight is 260 g/mol. The summed E-state index contributed by atoms with van der Waals surface area (Å²) in [5, 5.41) is 3.50. The summed E-state index contributed by atoms with van der Waals surface area (Å²) < 4.78 is 0. The van der Waals surface area contributed by atoms with E-state index in [0.717, 1.165) is 6.42 Å². The maximum Gasteiger partial charge on any atom is 0.0303 e. The molecule has 0 saturated carbocycles. The van der Waals surface area contributed by atoms with Gasteiger partial charge in [0.25, 0.3) is 0 Å². The maximum absolute atomic E-state index is 3.50. The summed E-state index contributed by atoms with van der Waals surface area (Å²) in [4.78, 5) is 2.31. The lowest BCUT2D eigenvalue weighted by Gasteiger charge is -2.40. The van der Waals surface area contributed by atoms with Gasteiger partial charge in [-0.25, -0.2) is 0 Å². The second-order valence-electron chi connectivity index (χ2n) is 6.55. The number of aryl methyl sites for hydroxylation is 2. The summed E-state index contributed by atoms with van der Waals surface area (Å²) in [5.41, 5.74) is 4.76. The van der Waals surface area contributed by atoms with Crippen LogP contribution in [0.25, 0.3) is 0 Å². The highest BCUT2D eigenvalue weighted by molar-refractivity contribution is 5.35. The summed E-state index contributed by atoms with van der Waals surface area (Å²) in [7, 11) is 6.39. The Morgan fingerprint density at radius 2 is 1.89 bits per heavy atom. The van der Waals surface area contributed by atoms with Crippen molar-refractivity contribution in [2.45, 2.75) is 51.1 Å². The van der Waals surface area contributed by atoms with Crippen LogP contribution in [0.3, 0.4) is 0 Å². The lowest BCUT2D eigenvalue weighted by atomic mass is 9.87. The highest BCUT2D eigenvalue weighted by atomic mass is 15.2. The molecule has 0 aliphatic heterocycles. The molecule has 0 saturated heterocycles. The second-order valence-corrected chi connectivity index (χ2v) is 6.55. The predicted molar refractivity (Wildman–Crippen MR) is 82.8 cm³/mol. The summed E-state index contributed by atoms with van der Waals surface area (Å²) in [6.07, 6.45) is 4.96. The van der Waals surface area contributed by atoms with E-state index in [1.165, 1.54) is 24.8 Å². The van der Waals surface area contributed by atoms with Gasteiger partial charge in [-0.2, -0.15) is 0 Å². The molecule has 0 radical (unpaired) electrons. The molecule has 2 heteroatoms. The van der Waals surface area contributed by atoms with Crippen molar-refractivity contribution in [1.82, 2.24) is 10.2 Å². The molecule has 2 nitrogen and oxygen atoms in total. The van der Waals surface area contributed by atoms with Gasteiger partial charge in [0.15, 0.2) is 0 Å². The van der Waals surface area contributed by atoms with Gasteiger partial charge in [0.1, 0.15) is 0 Å². The molecule has 0 heterocycles. The molecule has 0 amide bonds. The van der Waals surface area contributed by atoms with Gasteiger partial charge in [0, 0.05) is 11.6 Å². The molecule has 1 N–H and O–H groups in total. The van der Waals surface area contributed by atoms with Gasteiger partial charge in [0.2, 0.25) is 0 Å². The first kappa shape index (κ1) is 14.5. The Morgan fingerprint density at radius 1 is 1.21 bits per heavy atom. The van der Waals surface area contributed by atoms with Crippen LogP contribution in [-0.4, -0.2) is 37.6 Å². The van der Waals surface area contributed by atoms with Crippen molar-refractivity contribution >= 4 is 0 Å². The number of rotatable bonds is 5. The van der Waals surface area contributed by atoms with Gasteiger partial charge < -0.3 is 10.2 Å². The molecule has 0 bridgehead atoms. The van der Waals surface area contributed by atoms with Gasteiger partial charge in [-0.1, -0.05) is 18.2 Å². The van der Waals surface area contributed by atoms with Crippen LogP contribution in [0.15, 0.2) is 18.2 Å². The first-order chi connectivity index (χ1) is 8.95. The second kappa shape index (κ2) is 5.64. The summed E-state index contributed by atoms with van der Waals surface area (Å²) in [5.74, 6) is 0. The quantitative estimate of drug-likeness (QED) is 0.875. The van der Waals surface area contributed by atoms with Gasteiger partial charge in [-0.05, 0) is 77.4 Å². The van der Waals surface area contributed by atoms with Crippen LogP contribution in [0.4, 0.5) is 0 Å². The number of likely N-dealkylation sites (N-methyl/N-ethyl adjacent to an activating group) is 2. The molecule has 106 valence electrons. The van der Waals surface area contributed by atoms with E-state index in [4.69, 9.17) is 0 Å². The minimum absolute atomic E-state index is 0.147. The summed E-state index contributed by atoms with van der Waals surface area (Å²) >= 11 is 0. The number of hydrogen-bond acceptors (Lipinski definition) is 2. The Hall–Kier alpha value is -0.860. The molecule has 19 heavy (non-hydrogen) atoms. The van der Waals surface area contributed by atoms with Gasteiger partial charge in [-0.3, -0.25) is 0 Å². The van der Waals surface area contributed by atoms with E-state index >= 15 is 0 Å². The van der Waals surface area contributed by atoms with Crippen LogP contribution in [-0.2, 0) is 19.3 Å². The molecule has 1 aromatic rings. The third-order valence-corrected chi connectivity index (χ3v) is 4.96. The highest BCUT2D eigenvalue weighted by Crippen LogP contribution is 2.25. The third-order valence-electron chi connectivity index (χ3n) is 4.96. The number of fused-ring (bicyclic) bond motifs is 1. The number of benzene rings is 1. The van der Waals surface area contributed by atoms with E-state index < -0.39 is 0 Å². The average Bonchev–Trinajstić information content (AvgIpc) is 2.82. The molecule has 0 fully saturated rings. The fourth-order valence-electron chi connectivity index (χ4n) is 3.00. The Labute approximate surface area is 118 Å². The first-order valence-electron chi connectivity index (χ1n) is 7.40. The Balaban J connectivity index is 2.15. The largest absolute Gasteiger partial charge is 0.315 e. The molecule has 1 aromatic carbocycles. The van der Waals surface area contributed by atoms with Crippen LogP contribution in [0.5, 0.6) is 0 Å². The molecule has 0 aromatic heterocycles. The first-order valence-corrected chi connectivity index (χ1v) is 7.40. The maximum atomic E-state index is 3.50. The van der Waals surface area contributed by atoms with Crippen molar-refractivity contribution in [2.75, 3.05) is 21.1 Å². The van der Waals surface area contributed by atoms with Gasteiger partial charge >= 0.3 is 0 Å². The highest BCUT2D eigenvalue weighted by Gasteiger charge is 2.30. The van der Waals surface area contributed by atoms with Crippen LogP contribution in [0, 0.1) is 0 Å².